The summed E-state index contributed by atoms with van der Waals surface area (Å²) in [6.07, 6.45) is 3.49. The summed E-state index contributed by atoms with van der Waals surface area (Å²) in [7, 11) is 0. The number of nitrogens with one attached hydrogen (secondary N) is 1. The molecule has 0 spiro atoms. The minimum absolute atomic E-state index is 0.192. The summed E-state index contributed by atoms with van der Waals surface area (Å²) >= 11 is 0. The molecule has 80 valence electrons. The number of aromatic amines is 1. The quantitative estimate of drug-likeness (QED) is 0.653. The first kappa shape index (κ1) is 9.03. The molecule has 3 rings (SSSR count). The summed E-state index contributed by atoms with van der Waals surface area (Å²) in [5, 5.41) is 1.13. The number of benzene rings is 1. The molecule has 16 heavy (non-hydrogen) atoms. The first-order chi connectivity index (χ1) is 7.74. The zero-order valence-electron chi connectivity index (χ0n) is 8.82. The molecule has 2 aromatic heterocycles. The molecule has 0 amide bonds. The van der Waals surface area contributed by atoms with Crippen LogP contribution in [-0.2, 0) is 0 Å². The average Bonchev–Trinajstić information content (AvgIpc) is 2.83. The van der Waals surface area contributed by atoms with Crippen molar-refractivity contribution in [2.45, 2.75) is 6.92 Å². The fourth-order valence-electron chi connectivity index (χ4n) is 1.86. The molecule has 0 radical (unpaired) electrons. The number of nitrogens with two attached hydrogens (primary N) is 1. The van der Waals surface area contributed by atoms with E-state index in [4.69, 9.17) is 10.2 Å². The maximum atomic E-state index is 5.47. The Morgan fingerprint density at radius 2 is 2.25 bits per heavy atom. The van der Waals surface area contributed by atoms with Crippen molar-refractivity contribution in [2.75, 3.05) is 5.73 Å². The van der Waals surface area contributed by atoms with Crippen LogP contribution in [0.2, 0.25) is 0 Å². The lowest BCUT2D eigenvalue weighted by Gasteiger charge is -1.95. The van der Waals surface area contributed by atoms with E-state index in [-0.39, 0.29) is 6.01 Å². The van der Waals surface area contributed by atoms with Crippen molar-refractivity contribution in [3.05, 3.63) is 36.2 Å². The highest BCUT2D eigenvalue weighted by Gasteiger charge is 2.09. The van der Waals surface area contributed by atoms with Gasteiger partial charge in [-0.1, -0.05) is 11.6 Å². The van der Waals surface area contributed by atoms with E-state index in [9.17, 15) is 0 Å². The lowest BCUT2D eigenvalue weighted by molar-refractivity contribution is 0.581. The van der Waals surface area contributed by atoms with Gasteiger partial charge in [0, 0.05) is 22.7 Å². The Bertz CT molecular complexity index is 651. The first-order valence-corrected chi connectivity index (χ1v) is 5.03. The minimum Gasteiger partial charge on any atom is -0.432 e. The molecule has 3 aromatic rings. The van der Waals surface area contributed by atoms with Gasteiger partial charge in [0.1, 0.15) is 12.0 Å². The number of nitrogens with zero attached hydrogens (tertiary/aromatic N) is 1. The maximum Gasteiger partial charge on any atom is 0.292 e. The predicted molar refractivity (Wildman–Crippen MR) is 62.9 cm³/mol. The van der Waals surface area contributed by atoms with Crippen molar-refractivity contribution in [1.82, 2.24) is 9.97 Å². The highest BCUT2D eigenvalue weighted by Crippen LogP contribution is 2.28. The van der Waals surface area contributed by atoms with Crippen LogP contribution in [0.4, 0.5) is 6.01 Å². The van der Waals surface area contributed by atoms with Crippen molar-refractivity contribution >= 4 is 16.9 Å². The second-order valence-electron chi connectivity index (χ2n) is 3.82. The normalized spacial score (nSPS) is 11.1. The second kappa shape index (κ2) is 3.13. The number of rotatable bonds is 1. The summed E-state index contributed by atoms with van der Waals surface area (Å²) in [4.78, 5) is 7.32. The standard InChI is InChI=1S/C12H11N3O/c1-7-2-3-10-8(4-7)9(5-14-10)11-6-16-12(13)15-11/h2-6,14H,1H3,(H2,13,15). The smallest absolute Gasteiger partial charge is 0.292 e. The highest BCUT2D eigenvalue weighted by molar-refractivity contribution is 5.94. The third-order valence-corrected chi connectivity index (χ3v) is 2.64. The molecule has 0 aliphatic rings. The van der Waals surface area contributed by atoms with Gasteiger partial charge in [0.15, 0.2) is 0 Å². The molecule has 0 bridgehead atoms. The Kier molecular flexibility index (Phi) is 1.77. The van der Waals surface area contributed by atoms with Gasteiger partial charge in [0.05, 0.1) is 0 Å². The third kappa shape index (κ3) is 1.27. The minimum atomic E-state index is 0.192. The number of nitrogen functional groups attached to an aromatic ring is 1. The molecular weight excluding hydrogens is 202 g/mol. The van der Waals surface area contributed by atoms with E-state index in [1.165, 1.54) is 5.56 Å². The van der Waals surface area contributed by atoms with Crippen LogP contribution in [0.3, 0.4) is 0 Å². The van der Waals surface area contributed by atoms with E-state index in [2.05, 4.69) is 35.1 Å². The number of aromatic nitrogens is 2. The molecule has 0 atom stereocenters. The number of anilines is 1. The van der Waals surface area contributed by atoms with Gasteiger partial charge in [-0.25, -0.2) is 0 Å². The number of hydrogen-bond donors (Lipinski definition) is 2. The van der Waals surface area contributed by atoms with Crippen LogP contribution in [0.1, 0.15) is 5.56 Å². The molecule has 0 unspecified atom stereocenters. The van der Waals surface area contributed by atoms with Crippen LogP contribution >= 0.6 is 0 Å². The van der Waals surface area contributed by atoms with Crippen LogP contribution < -0.4 is 5.73 Å². The predicted octanol–water partition coefficient (Wildman–Crippen LogP) is 2.71. The Labute approximate surface area is 92.1 Å². The molecule has 0 aliphatic carbocycles. The molecular formula is C12H11N3O. The first-order valence-electron chi connectivity index (χ1n) is 5.03. The second-order valence-corrected chi connectivity index (χ2v) is 3.82. The van der Waals surface area contributed by atoms with Gasteiger partial charge in [0.25, 0.3) is 6.01 Å². The average molecular weight is 213 g/mol. The van der Waals surface area contributed by atoms with Gasteiger partial charge in [0.2, 0.25) is 0 Å². The topological polar surface area (TPSA) is 67.8 Å². The molecule has 0 saturated heterocycles. The summed E-state index contributed by atoms with van der Waals surface area (Å²) < 4.78 is 5.02. The molecule has 1 aromatic carbocycles. The number of H-pyrrole nitrogens is 1. The van der Waals surface area contributed by atoms with Crippen LogP contribution in [0, 0.1) is 6.92 Å². The van der Waals surface area contributed by atoms with E-state index in [1.54, 1.807) is 6.26 Å². The number of aryl methyl sites for hydroxylation is 1. The fraction of sp³-hybridized carbons (Fsp3) is 0.0833. The number of fused-ring (bicyclic) bond motifs is 1. The summed E-state index contributed by atoms with van der Waals surface area (Å²) in [5.41, 5.74) is 9.54. The molecule has 2 heterocycles. The summed E-state index contributed by atoms with van der Waals surface area (Å²) in [5.74, 6) is 0. The molecule has 4 nitrogen and oxygen atoms in total. The van der Waals surface area contributed by atoms with E-state index < -0.39 is 0 Å². The Morgan fingerprint density at radius 3 is 3.00 bits per heavy atom. The van der Waals surface area contributed by atoms with Crippen molar-refractivity contribution in [3.8, 4) is 11.3 Å². The lowest BCUT2D eigenvalue weighted by Crippen LogP contribution is -1.83. The van der Waals surface area contributed by atoms with Gasteiger partial charge >= 0.3 is 0 Å². The van der Waals surface area contributed by atoms with Gasteiger partial charge < -0.3 is 15.1 Å². The molecule has 0 saturated carbocycles. The zero-order chi connectivity index (χ0) is 11.1. The Balaban J connectivity index is 2.27. The van der Waals surface area contributed by atoms with Crippen LogP contribution in [0.15, 0.2) is 35.1 Å². The van der Waals surface area contributed by atoms with Crippen LogP contribution in [0.25, 0.3) is 22.2 Å². The van der Waals surface area contributed by atoms with Crippen molar-refractivity contribution in [3.63, 3.8) is 0 Å². The maximum absolute atomic E-state index is 5.47. The van der Waals surface area contributed by atoms with E-state index in [0.29, 0.717) is 0 Å². The van der Waals surface area contributed by atoms with Gasteiger partial charge in [-0.3, -0.25) is 0 Å². The monoisotopic (exact) mass is 213 g/mol. The van der Waals surface area contributed by atoms with Gasteiger partial charge in [-0.05, 0) is 19.1 Å². The number of oxazole rings is 1. The van der Waals surface area contributed by atoms with Crippen molar-refractivity contribution < 1.29 is 4.42 Å². The van der Waals surface area contributed by atoms with E-state index in [0.717, 1.165) is 22.2 Å². The molecule has 0 aliphatic heterocycles. The fourth-order valence-corrected chi connectivity index (χ4v) is 1.86. The van der Waals surface area contributed by atoms with Crippen molar-refractivity contribution in [2.24, 2.45) is 0 Å². The van der Waals surface area contributed by atoms with E-state index in [1.807, 2.05) is 6.20 Å². The largest absolute Gasteiger partial charge is 0.432 e. The summed E-state index contributed by atoms with van der Waals surface area (Å²) in [6.45, 7) is 2.06. The SMILES string of the molecule is Cc1ccc2[nH]cc(-c3coc(N)n3)c2c1. The Hall–Kier alpha value is -2.23. The van der Waals surface area contributed by atoms with Gasteiger partial charge in [-0.15, -0.1) is 0 Å². The Morgan fingerprint density at radius 1 is 1.38 bits per heavy atom. The van der Waals surface area contributed by atoms with Crippen LogP contribution in [0.5, 0.6) is 0 Å². The molecule has 3 N–H and O–H groups in total. The molecule has 0 fully saturated rings. The van der Waals surface area contributed by atoms with Crippen molar-refractivity contribution in [1.29, 1.82) is 0 Å². The molecule has 4 heteroatoms. The third-order valence-electron chi connectivity index (χ3n) is 2.64. The summed E-state index contributed by atoms with van der Waals surface area (Å²) in [6, 6.07) is 6.43. The lowest BCUT2D eigenvalue weighted by atomic mass is 10.1. The van der Waals surface area contributed by atoms with Crippen LogP contribution in [-0.4, -0.2) is 9.97 Å². The number of hydrogen-bond acceptors (Lipinski definition) is 3. The van der Waals surface area contributed by atoms with E-state index >= 15 is 0 Å². The highest BCUT2D eigenvalue weighted by atomic mass is 16.4. The zero-order valence-corrected chi connectivity index (χ0v) is 8.82. The van der Waals surface area contributed by atoms with Gasteiger partial charge in [-0.2, -0.15) is 4.98 Å².